The van der Waals surface area contributed by atoms with Crippen molar-refractivity contribution in [1.82, 2.24) is 38.2 Å². The van der Waals surface area contributed by atoms with Crippen LogP contribution in [0.1, 0.15) is 70.5 Å². The minimum Gasteiger partial charge on any atom is -0.399 e. The monoisotopic (exact) mass is 1660 g/mol. The summed E-state index contributed by atoms with van der Waals surface area (Å²) in [5, 5.41) is 6.71. The lowest BCUT2D eigenvalue weighted by molar-refractivity contribution is 0.00578. The summed E-state index contributed by atoms with van der Waals surface area (Å²) in [5.74, 6) is 0.572. The summed E-state index contributed by atoms with van der Waals surface area (Å²) in [6, 6.07) is 43.0. The van der Waals surface area contributed by atoms with Crippen molar-refractivity contribution in [1.29, 1.82) is 0 Å². The van der Waals surface area contributed by atoms with Crippen LogP contribution in [0.3, 0.4) is 0 Å². The molecule has 0 bridgehead atoms. The average molecular weight is 1660 g/mol. The maximum atomic E-state index is 13.2. The van der Waals surface area contributed by atoms with Crippen molar-refractivity contribution in [2.24, 2.45) is 5.73 Å². The van der Waals surface area contributed by atoms with Gasteiger partial charge in [-0.2, -0.15) is 0 Å². The first-order valence-corrected chi connectivity index (χ1v) is 44.5. The predicted molar refractivity (Wildman–Crippen MR) is 415 cm³/mol. The molecule has 0 unspecified atom stereocenters. The molecule has 0 saturated carbocycles. The van der Waals surface area contributed by atoms with Crippen LogP contribution in [0, 0.1) is 20.8 Å². The molecule has 0 aliphatic carbocycles. The molecule has 3 saturated heterocycles. The van der Waals surface area contributed by atoms with E-state index in [4.69, 9.17) is 48.9 Å². The van der Waals surface area contributed by atoms with Gasteiger partial charge >= 0.3 is 7.12 Å². The number of H-pyrrole nitrogens is 1. The highest BCUT2D eigenvalue weighted by Crippen LogP contribution is 2.38. The number of pyridine rings is 4. The fourth-order valence-electron chi connectivity index (χ4n) is 10.5. The zero-order valence-corrected chi connectivity index (χ0v) is 66.8. The number of nitrogens with two attached hydrogens (primary N) is 1. The first kappa shape index (κ1) is 82.7. The van der Waals surface area contributed by atoms with Crippen molar-refractivity contribution in [3.63, 3.8) is 0 Å². The number of nitrogens with one attached hydrogen (secondary N) is 2. The Hall–Kier alpha value is -6.95. The van der Waals surface area contributed by atoms with Gasteiger partial charge in [-0.15, -0.1) is 0 Å². The topological polar surface area (TPSA) is 339 Å². The first-order chi connectivity index (χ1) is 48.6. The van der Waals surface area contributed by atoms with Gasteiger partial charge in [-0.1, -0.05) is 59.6 Å². The quantitative estimate of drug-likeness (QED) is 0.0892. The van der Waals surface area contributed by atoms with Crippen LogP contribution in [0.15, 0.2) is 211 Å². The Kier molecular flexibility index (Phi) is 27.3. The van der Waals surface area contributed by atoms with Gasteiger partial charge in [0.25, 0.3) is 29.1 Å². The third-order valence-electron chi connectivity index (χ3n) is 16.7. The smallest absolute Gasteiger partial charge is 0.399 e. The van der Waals surface area contributed by atoms with Crippen molar-refractivity contribution < 1.29 is 59.8 Å². The molecule has 0 atom stereocenters. The van der Waals surface area contributed by atoms with Crippen LogP contribution in [0.5, 0.6) is 0 Å². The second kappa shape index (κ2) is 34.3. The highest BCUT2D eigenvalue weighted by molar-refractivity contribution is 9.10. The Balaban J connectivity index is 0.000000162. The largest absolute Gasteiger partial charge is 0.495 e. The molecule has 34 heteroatoms. The van der Waals surface area contributed by atoms with Gasteiger partial charge in [-0.05, 0) is 230 Å². The lowest BCUT2D eigenvalue weighted by Crippen LogP contribution is -2.41. The second-order valence-electron chi connectivity index (χ2n) is 25.3. The van der Waals surface area contributed by atoms with Crippen LogP contribution in [0.25, 0.3) is 44.4 Å². The number of aryl methyl sites for hydroxylation is 3. The SMILES string of the molecule is C1CCNC1.CS(=O)(=O)c1ccc(Cl)cc1.Cc1cc2c(-c3ccc(S(C)(=O)=O)cn3)ccnc2[nH]1.Cc1cc2c(B3OC(C)(C)C(C)(C)O3)ccnc2n1S(=O)(=O)c1ccccc1.Cc1cc2c(Br)ccnc2n1S(=O)(=O)c1ccccc1.NC1CCS(=O)(=O)CC1.O=S(=O)(Cl)c1ccc(Cl)cc1. The highest BCUT2D eigenvalue weighted by Gasteiger charge is 2.52. The maximum Gasteiger partial charge on any atom is 0.495 e. The average Bonchev–Trinajstić information content (AvgIpc) is 1.59. The number of benzene rings is 4. The van der Waals surface area contributed by atoms with E-state index < -0.39 is 76.9 Å². The van der Waals surface area contributed by atoms with E-state index in [0.717, 1.165) is 49.6 Å². The molecule has 7 aromatic heterocycles. The Bertz CT molecular complexity index is 5440. The molecule has 554 valence electrons. The van der Waals surface area contributed by atoms with Crippen molar-refractivity contribution in [3.05, 3.63) is 214 Å². The summed E-state index contributed by atoms with van der Waals surface area (Å²) in [7, 11) is -15.6. The molecule has 4 aromatic carbocycles. The molecule has 3 aliphatic heterocycles. The van der Waals surface area contributed by atoms with E-state index in [1.807, 2.05) is 65.0 Å². The minimum atomic E-state index is -3.77. The minimum absolute atomic E-state index is 0.0589. The van der Waals surface area contributed by atoms with E-state index in [9.17, 15) is 50.5 Å². The molecule has 14 rings (SSSR count). The van der Waals surface area contributed by atoms with E-state index in [2.05, 4.69) is 46.2 Å². The van der Waals surface area contributed by atoms with Gasteiger partial charge in [0.1, 0.15) is 15.5 Å². The summed E-state index contributed by atoms with van der Waals surface area (Å²) in [6.45, 7) is 15.9. The van der Waals surface area contributed by atoms with Gasteiger partial charge in [0, 0.05) is 107 Å². The van der Waals surface area contributed by atoms with Gasteiger partial charge in [-0.3, -0.25) is 4.98 Å². The van der Waals surface area contributed by atoms with Crippen LogP contribution < -0.4 is 16.5 Å². The number of hydrogen-bond acceptors (Lipinski definition) is 20. The molecule has 3 aliphatic rings. The number of fused-ring (bicyclic) bond motifs is 3. The molecule has 23 nitrogen and oxygen atoms in total. The molecular weight excluding hydrogens is 1580 g/mol. The molecular formula is C70H78BBrCl3N9O14S6. The third-order valence-corrected chi connectivity index (χ3v) is 26.8. The summed E-state index contributed by atoms with van der Waals surface area (Å²) in [5.41, 5.74) is 10.8. The van der Waals surface area contributed by atoms with Gasteiger partial charge in [0.2, 0.25) is 0 Å². The predicted octanol–water partition coefficient (Wildman–Crippen LogP) is 12.5. The molecule has 4 N–H and O–H groups in total. The zero-order valence-electron chi connectivity index (χ0n) is 58.1. The highest BCUT2D eigenvalue weighted by atomic mass is 79.9. The Labute approximate surface area is 630 Å². The van der Waals surface area contributed by atoms with E-state index in [-0.39, 0.29) is 37.1 Å². The number of aromatic amines is 1. The van der Waals surface area contributed by atoms with Crippen LogP contribution in [-0.2, 0) is 67.9 Å². The Morgan fingerprint density at radius 2 is 1.01 bits per heavy atom. The lowest BCUT2D eigenvalue weighted by atomic mass is 9.78. The van der Waals surface area contributed by atoms with Gasteiger partial charge in [-0.25, -0.2) is 73.4 Å². The van der Waals surface area contributed by atoms with E-state index >= 15 is 0 Å². The second-order valence-corrected chi connectivity index (χ2v) is 39.5. The Morgan fingerprint density at radius 1 is 0.558 bits per heavy atom. The fourth-order valence-corrected chi connectivity index (χ4v) is 17.7. The molecule has 11 aromatic rings. The third kappa shape index (κ3) is 21.2. The zero-order chi connectivity index (χ0) is 76.4. The molecule has 0 spiro atoms. The summed E-state index contributed by atoms with van der Waals surface area (Å²) < 4.78 is 155. The number of sulfone groups is 3. The van der Waals surface area contributed by atoms with Gasteiger partial charge in [0.05, 0.1) is 52.9 Å². The first-order valence-electron chi connectivity index (χ1n) is 32.1. The standard InChI is InChI=1S/C20H23BN2O4S.C14H11BrN2O2S.C14H13N3O2S.C7H7ClO2S.C6H4Cl2O2S.C5H11NO2S.C4H9N/c1-14-13-16-17(21-26-19(2,3)20(4,5)27-21)11-12-22-18(16)23(14)28(24,25)15-9-7-6-8-10-15;1-10-9-12-13(15)7-8-16-14(12)17(10)20(18,19)11-5-3-2-4-6-11;1-9-7-12-11(5-6-15-14(12)17-9)13-4-3-10(8-16-13)20(2,18)19;1-11(9,10)7-4-2-6(8)3-5-7;7-5-1-3-6(4-2-5)11(8,9)10;6-5-1-3-9(7,8)4-2-5;1-2-4-5-3-1/h6-13H,1-5H3;2-9H,1H3;3-8H,1-2H3,(H,15,17);2-5H,1H3;1-4H;5H,1-4,6H2;5H,1-4H2. The van der Waals surface area contributed by atoms with E-state index in [1.165, 1.54) is 82.7 Å². The number of aromatic nitrogens is 7. The van der Waals surface area contributed by atoms with Gasteiger partial charge < -0.3 is 25.3 Å². The van der Waals surface area contributed by atoms with Crippen molar-refractivity contribution in [2.75, 3.05) is 37.1 Å². The fraction of sp³-hybridized carbons (Fsp3) is 0.286. The number of nitrogens with zero attached hydrogens (tertiary/aromatic N) is 6. The van der Waals surface area contributed by atoms with Crippen molar-refractivity contribution >= 4 is 154 Å². The number of halogens is 4. The molecule has 3 fully saturated rings. The van der Waals surface area contributed by atoms with Crippen LogP contribution in [0.2, 0.25) is 10.0 Å². The normalized spacial score (nSPS) is 15.6. The van der Waals surface area contributed by atoms with Crippen LogP contribution in [-0.4, -0.2) is 145 Å². The van der Waals surface area contributed by atoms with Crippen molar-refractivity contribution in [3.8, 4) is 11.3 Å². The van der Waals surface area contributed by atoms with Crippen molar-refractivity contribution in [2.45, 2.75) is 116 Å². The number of hydrogen-bond donors (Lipinski definition) is 3. The van der Waals surface area contributed by atoms with E-state index in [1.54, 1.807) is 123 Å². The molecule has 104 heavy (non-hydrogen) atoms. The number of rotatable bonds is 9. The van der Waals surface area contributed by atoms with Crippen LogP contribution >= 0.6 is 49.8 Å². The van der Waals surface area contributed by atoms with E-state index in [0.29, 0.717) is 55.9 Å². The summed E-state index contributed by atoms with van der Waals surface area (Å²) in [4.78, 5) is 21.3. The lowest BCUT2D eigenvalue weighted by Gasteiger charge is -2.32. The molecule has 0 radical (unpaired) electrons. The summed E-state index contributed by atoms with van der Waals surface area (Å²) in [6.07, 6.45) is 12.7. The van der Waals surface area contributed by atoms with Gasteiger partial charge in [0.15, 0.2) is 31.0 Å². The van der Waals surface area contributed by atoms with Crippen LogP contribution in [0.4, 0.5) is 0 Å². The molecule has 10 heterocycles. The Morgan fingerprint density at radius 3 is 1.45 bits per heavy atom. The summed E-state index contributed by atoms with van der Waals surface area (Å²) >= 11 is 14.5. The molecule has 0 amide bonds. The maximum absolute atomic E-state index is 13.2.